The fraction of sp³-hybridized carbons (Fsp3) is 0.500. The van der Waals surface area contributed by atoms with Crippen molar-refractivity contribution in [2.75, 3.05) is 44.2 Å². The summed E-state index contributed by atoms with van der Waals surface area (Å²) < 4.78 is 0. The van der Waals surface area contributed by atoms with E-state index in [1.807, 2.05) is 29.2 Å². The van der Waals surface area contributed by atoms with Crippen LogP contribution in [0.15, 0.2) is 35.5 Å². The summed E-state index contributed by atoms with van der Waals surface area (Å²) in [5.41, 5.74) is 2.91. The molecule has 1 aromatic carbocycles. The van der Waals surface area contributed by atoms with Gasteiger partial charge in [0.2, 0.25) is 5.91 Å². The number of benzene rings is 1. The summed E-state index contributed by atoms with van der Waals surface area (Å²) in [6, 6.07) is 9.93. The first-order valence-electron chi connectivity index (χ1n) is 11.4. The SMILES string of the molecule is CCc1cc(N2CCCC2)nc(SCc2ccc(C(=O)N3CCN(C(C)=O)CC3)cc2)n1. The summed E-state index contributed by atoms with van der Waals surface area (Å²) in [7, 11) is 0. The van der Waals surface area contributed by atoms with Crippen molar-refractivity contribution in [3.63, 3.8) is 0 Å². The lowest BCUT2D eigenvalue weighted by atomic mass is 10.1. The molecule has 4 rings (SSSR count). The van der Waals surface area contributed by atoms with E-state index in [0.717, 1.165) is 47.5 Å². The second-order valence-corrected chi connectivity index (χ2v) is 9.27. The highest BCUT2D eigenvalue weighted by atomic mass is 32.2. The van der Waals surface area contributed by atoms with Gasteiger partial charge in [-0.15, -0.1) is 0 Å². The van der Waals surface area contributed by atoms with Gasteiger partial charge in [0.25, 0.3) is 5.91 Å². The number of thioether (sulfide) groups is 1. The Balaban J connectivity index is 1.35. The van der Waals surface area contributed by atoms with Gasteiger partial charge in [0, 0.05) is 69.3 Å². The third-order valence-electron chi connectivity index (χ3n) is 6.12. The molecule has 0 spiro atoms. The number of hydrogen-bond donors (Lipinski definition) is 0. The number of carbonyl (C=O) groups excluding carboxylic acids is 2. The fourth-order valence-corrected chi connectivity index (χ4v) is 4.94. The maximum atomic E-state index is 12.8. The zero-order valence-electron chi connectivity index (χ0n) is 18.9. The molecule has 2 amide bonds. The van der Waals surface area contributed by atoms with Crippen LogP contribution in [0.2, 0.25) is 0 Å². The summed E-state index contributed by atoms with van der Waals surface area (Å²) in [5, 5.41) is 0.815. The third-order valence-corrected chi connectivity index (χ3v) is 7.04. The lowest BCUT2D eigenvalue weighted by Gasteiger charge is -2.34. The van der Waals surface area contributed by atoms with Gasteiger partial charge in [0.15, 0.2) is 5.16 Å². The molecule has 0 aliphatic carbocycles. The number of hydrogen-bond acceptors (Lipinski definition) is 6. The number of rotatable bonds is 6. The molecule has 0 bridgehead atoms. The highest BCUT2D eigenvalue weighted by molar-refractivity contribution is 7.98. The number of nitrogens with zero attached hydrogens (tertiary/aromatic N) is 5. The molecule has 2 aromatic rings. The number of carbonyl (C=O) groups is 2. The van der Waals surface area contributed by atoms with Gasteiger partial charge in [0.05, 0.1) is 0 Å². The predicted molar refractivity (Wildman–Crippen MR) is 127 cm³/mol. The highest BCUT2D eigenvalue weighted by Crippen LogP contribution is 2.25. The molecule has 0 radical (unpaired) electrons. The van der Waals surface area contributed by atoms with Crippen LogP contribution in [0.25, 0.3) is 0 Å². The molecule has 2 aliphatic heterocycles. The zero-order chi connectivity index (χ0) is 22.5. The standard InChI is InChI=1S/C24H31N5O2S/c1-3-21-16-22(28-10-4-5-11-28)26-24(25-21)32-17-19-6-8-20(9-7-19)23(31)29-14-12-27(13-15-29)18(2)30/h6-9,16H,3-5,10-15,17H2,1-2H3. The largest absolute Gasteiger partial charge is 0.356 e. The monoisotopic (exact) mass is 453 g/mol. The molecular formula is C24H31N5O2S. The average Bonchev–Trinajstić information content (AvgIpc) is 3.37. The van der Waals surface area contributed by atoms with Crippen molar-refractivity contribution in [1.82, 2.24) is 19.8 Å². The summed E-state index contributed by atoms with van der Waals surface area (Å²) >= 11 is 1.64. The Labute approximate surface area is 194 Å². The third kappa shape index (κ3) is 5.41. The molecule has 32 heavy (non-hydrogen) atoms. The number of piperazine rings is 1. The van der Waals surface area contributed by atoms with Crippen LogP contribution in [-0.2, 0) is 17.0 Å². The molecular weight excluding hydrogens is 422 g/mol. The molecule has 2 saturated heterocycles. The maximum Gasteiger partial charge on any atom is 0.253 e. The van der Waals surface area contributed by atoms with Gasteiger partial charge in [0.1, 0.15) is 5.82 Å². The zero-order valence-corrected chi connectivity index (χ0v) is 19.7. The smallest absolute Gasteiger partial charge is 0.253 e. The second-order valence-electron chi connectivity index (χ2n) is 8.33. The molecule has 2 aliphatic rings. The van der Waals surface area contributed by atoms with E-state index in [-0.39, 0.29) is 11.8 Å². The van der Waals surface area contributed by atoms with Crippen molar-refractivity contribution in [3.05, 3.63) is 47.2 Å². The summed E-state index contributed by atoms with van der Waals surface area (Å²) in [4.78, 5) is 39.7. The Hall–Kier alpha value is -2.61. The summed E-state index contributed by atoms with van der Waals surface area (Å²) in [6.07, 6.45) is 3.35. The molecule has 1 aromatic heterocycles. The Morgan fingerprint density at radius 2 is 1.59 bits per heavy atom. The van der Waals surface area contributed by atoms with Crippen LogP contribution in [-0.4, -0.2) is 70.9 Å². The Bertz CT molecular complexity index is 951. The van der Waals surface area contributed by atoms with Crippen LogP contribution < -0.4 is 4.90 Å². The lowest BCUT2D eigenvalue weighted by molar-refractivity contribution is -0.130. The van der Waals surface area contributed by atoms with Crippen molar-refractivity contribution in [2.45, 2.75) is 44.0 Å². The minimum absolute atomic E-state index is 0.0293. The van der Waals surface area contributed by atoms with E-state index in [1.165, 1.54) is 12.8 Å². The van der Waals surface area contributed by atoms with Crippen molar-refractivity contribution >= 4 is 29.4 Å². The molecule has 0 N–H and O–H groups in total. The molecule has 7 nitrogen and oxygen atoms in total. The quantitative estimate of drug-likeness (QED) is 0.494. The molecule has 8 heteroatoms. The van der Waals surface area contributed by atoms with Gasteiger partial charge < -0.3 is 14.7 Å². The van der Waals surface area contributed by atoms with Crippen molar-refractivity contribution in [2.24, 2.45) is 0 Å². The van der Waals surface area contributed by atoms with Gasteiger partial charge in [-0.2, -0.15) is 0 Å². The Morgan fingerprint density at radius 1 is 0.938 bits per heavy atom. The van der Waals surface area contributed by atoms with Crippen LogP contribution in [0.1, 0.15) is 48.3 Å². The van der Waals surface area contributed by atoms with Crippen molar-refractivity contribution in [1.29, 1.82) is 0 Å². The number of aryl methyl sites for hydroxylation is 1. The molecule has 3 heterocycles. The van der Waals surface area contributed by atoms with E-state index in [1.54, 1.807) is 23.6 Å². The van der Waals surface area contributed by atoms with E-state index < -0.39 is 0 Å². The maximum absolute atomic E-state index is 12.8. The number of amides is 2. The van der Waals surface area contributed by atoms with Crippen LogP contribution in [0.5, 0.6) is 0 Å². The van der Waals surface area contributed by atoms with Crippen LogP contribution in [0.3, 0.4) is 0 Å². The number of anilines is 1. The predicted octanol–water partition coefficient (Wildman–Crippen LogP) is 3.24. The van der Waals surface area contributed by atoms with E-state index in [2.05, 4.69) is 17.9 Å². The summed E-state index contributed by atoms with van der Waals surface area (Å²) in [6.45, 7) is 8.22. The minimum atomic E-state index is 0.0293. The summed E-state index contributed by atoms with van der Waals surface area (Å²) in [5.74, 6) is 1.91. The van der Waals surface area contributed by atoms with Gasteiger partial charge in [-0.3, -0.25) is 9.59 Å². The van der Waals surface area contributed by atoms with Gasteiger partial charge in [-0.25, -0.2) is 9.97 Å². The molecule has 170 valence electrons. The second kappa shape index (κ2) is 10.3. The van der Waals surface area contributed by atoms with Gasteiger partial charge in [-0.1, -0.05) is 30.8 Å². The molecule has 0 unspecified atom stereocenters. The number of aromatic nitrogens is 2. The van der Waals surface area contributed by atoms with E-state index in [0.29, 0.717) is 31.7 Å². The van der Waals surface area contributed by atoms with Gasteiger partial charge in [-0.05, 0) is 37.0 Å². The first-order chi connectivity index (χ1) is 15.5. The Kier molecular flexibility index (Phi) is 7.29. The Morgan fingerprint density at radius 3 is 2.22 bits per heavy atom. The normalized spacial score (nSPS) is 16.5. The van der Waals surface area contributed by atoms with Crippen LogP contribution in [0, 0.1) is 0 Å². The highest BCUT2D eigenvalue weighted by Gasteiger charge is 2.23. The van der Waals surface area contributed by atoms with Crippen LogP contribution in [0.4, 0.5) is 5.82 Å². The topological polar surface area (TPSA) is 69.6 Å². The van der Waals surface area contributed by atoms with E-state index in [4.69, 9.17) is 9.97 Å². The molecule has 2 fully saturated rings. The van der Waals surface area contributed by atoms with Crippen molar-refractivity contribution < 1.29 is 9.59 Å². The van der Waals surface area contributed by atoms with Crippen molar-refractivity contribution in [3.8, 4) is 0 Å². The van der Waals surface area contributed by atoms with Crippen LogP contribution >= 0.6 is 11.8 Å². The minimum Gasteiger partial charge on any atom is -0.356 e. The molecule has 0 saturated carbocycles. The first kappa shape index (κ1) is 22.6. The fourth-order valence-electron chi connectivity index (χ4n) is 4.11. The lowest BCUT2D eigenvalue weighted by Crippen LogP contribution is -2.50. The molecule has 0 atom stereocenters. The van der Waals surface area contributed by atoms with E-state index >= 15 is 0 Å². The first-order valence-corrected chi connectivity index (χ1v) is 12.4. The van der Waals surface area contributed by atoms with E-state index in [9.17, 15) is 9.59 Å². The average molecular weight is 454 g/mol. The van der Waals surface area contributed by atoms with Gasteiger partial charge >= 0.3 is 0 Å².